The van der Waals surface area contributed by atoms with Gasteiger partial charge in [-0.3, -0.25) is 0 Å². The minimum absolute atomic E-state index is 0.807. The van der Waals surface area contributed by atoms with Crippen LogP contribution in [-0.4, -0.2) is 12.3 Å². The first kappa shape index (κ1) is 14.0. The van der Waals surface area contributed by atoms with Gasteiger partial charge in [-0.25, -0.2) is 0 Å². The largest absolute Gasteiger partial charge is 0.340 e. The van der Waals surface area contributed by atoms with Gasteiger partial charge in [0.05, 0.1) is 11.3 Å². The lowest BCUT2D eigenvalue weighted by atomic mass is 10.00. The molecule has 3 rings (SSSR count). The maximum absolute atomic E-state index is 9.61. The number of hydrogen-bond acceptors (Lipinski definition) is 3. The van der Waals surface area contributed by atoms with Gasteiger partial charge in [-0.05, 0) is 42.4 Å². The minimum Gasteiger partial charge on any atom is -0.340 e. The van der Waals surface area contributed by atoms with E-state index in [-0.39, 0.29) is 0 Å². The predicted molar refractivity (Wildman–Crippen MR) is 89.3 cm³/mol. The highest BCUT2D eigenvalue weighted by Crippen LogP contribution is 2.37. The molecule has 0 radical (unpaired) electrons. The van der Waals surface area contributed by atoms with Crippen LogP contribution in [0.2, 0.25) is 0 Å². The van der Waals surface area contributed by atoms with Crippen LogP contribution in [0.25, 0.3) is 0 Å². The topological polar surface area (TPSA) is 27.0 Å². The summed E-state index contributed by atoms with van der Waals surface area (Å²) < 4.78 is 0. The molecule has 0 N–H and O–H groups in total. The molecule has 2 nitrogen and oxygen atoms in total. The molecule has 0 aliphatic carbocycles. The van der Waals surface area contributed by atoms with Crippen LogP contribution < -0.4 is 4.90 Å². The molecule has 0 spiro atoms. The molecule has 2 aromatic carbocycles. The van der Waals surface area contributed by atoms with E-state index in [1.54, 1.807) is 11.8 Å². The molecule has 0 atom stereocenters. The number of thioether (sulfide) groups is 1. The van der Waals surface area contributed by atoms with Crippen LogP contribution >= 0.6 is 11.8 Å². The molecule has 0 bridgehead atoms. The molecule has 3 heteroatoms. The summed E-state index contributed by atoms with van der Waals surface area (Å²) in [7, 11) is 0. The van der Waals surface area contributed by atoms with E-state index < -0.39 is 0 Å². The Bertz CT molecular complexity index is 688. The van der Waals surface area contributed by atoms with Gasteiger partial charge in [0.25, 0.3) is 0 Å². The maximum atomic E-state index is 9.61. The van der Waals surface area contributed by atoms with Gasteiger partial charge in [0.2, 0.25) is 0 Å². The van der Waals surface area contributed by atoms with E-state index in [0.29, 0.717) is 0 Å². The molecule has 1 heterocycles. The van der Waals surface area contributed by atoms with Gasteiger partial charge in [0.1, 0.15) is 6.07 Å². The lowest BCUT2D eigenvalue weighted by Gasteiger charge is -2.32. The van der Waals surface area contributed by atoms with Crippen LogP contribution in [0.15, 0.2) is 47.4 Å². The number of fused-ring (bicyclic) bond motifs is 1. The Hall–Kier alpha value is -1.92. The third kappa shape index (κ3) is 2.64. The zero-order valence-corrected chi connectivity index (χ0v) is 13.0. The molecule has 106 valence electrons. The summed E-state index contributed by atoms with van der Waals surface area (Å²) >= 11 is 1.74. The second-order valence-corrected chi connectivity index (χ2v) is 6.38. The van der Waals surface area contributed by atoms with E-state index >= 15 is 0 Å². The van der Waals surface area contributed by atoms with Crippen LogP contribution in [-0.2, 0) is 6.42 Å². The fourth-order valence-corrected chi connectivity index (χ4v) is 3.70. The normalized spacial score (nSPS) is 13.6. The Kier molecular flexibility index (Phi) is 4.17. The molecule has 0 saturated carbocycles. The van der Waals surface area contributed by atoms with Crippen molar-refractivity contribution in [2.24, 2.45) is 0 Å². The van der Waals surface area contributed by atoms with Gasteiger partial charge >= 0.3 is 0 Å². The lowest BCUT2D eigenvalue weighted by Crippen LogP contribution is -2.25. The Morgan fingerprint density at radius 3 is 2.76 bits per heavy atom. The van der Waals surface area contributed by atoms with E-state index in [4.69, 9.17) is 0 Å². The Labute approximate surface area is 130 Å². The molecule has 2 aromatic rings. The summed E-state index contributed by atoms with van der Waals surface area (Å²) in [4.78, 5) is 3.39. The molecular weight excluding hydrogens is 276 g/mol. The van der Waals surface area contributed by atoms with Crippen LogP contribution in [0, 0.1) is 11.3 Å². The number of nitriles is 1. The first-order chi connectivity index (χ1) is 10.3. The number of para-hydroxylation sites is 1. The summed E-state index contributed by atoms with van der Waals surface area (Å²) in [6, 6.07) is 17.1. The van der Waals surface area contributed by atoms with E-state index in [2.05, 4.69) is 54.3 Å². The average molecular weight is 294 g/mol. The van der Waals surface area contributed by atoms with Gasteiger partial charge in [0.15, 0.2) is 0 Å². The molecule has 1 aliphatic rings. The number of benzene rings is 2. The summed E-state index contributed by atoms with van der Waals surface area (Å²) in [6.45, 7) is 3.10. The molecule has 0 unspecified atom stereocenters. The minimum atomic E-state index is 0.807. The van der Waals surface area contributed by atoms with E-state index in [1.165, 1.54) is 11.3 Å². The van der Waals surface area contributed by atoms with E-state index in [1.807, 2.05) is 6.07 Å². The zero-order chi connectivity index (χ0) is 14.7. The first-order valence-electron chi connectivity index (χ1n) is 7.36. The van der Waals surface area contributed by atoms with Gasteiger partial charge in [-0.1, -0.05) is 31.2 Å². The molecule has 0 fully saturated rings. The second-order valence-electron chi connectivity index (χ2n) is 5.08. The fraction of sp³-hybridized carbons (Fsp3) is 0.278. The number of hydrogen-bond donors (Lipinski definition) is 0. The van der Waals surface area contributed by atoms with Crippen LogP contribution in [0.3, 0.4) is 0 Å². The number of aryl methyl sites for hydroxylation is 1. The molecule has 0 amide bonds. The monoisotopic (exact) mass is 294 g/mol. The molecule has 0 saturated heterocycles. The van der Waals surface area contributed by atoms with E-state index in [9.17, 15) is 5.26 Å². The second kappa shape index (κ2) is 6.24. The van der Waals surface area contributed by atoms with Crippen molar-refractivity contribution in [3.63, 3.8) is 0 Å². The van der Waals surface area contributed by atoms with Crippen LogP contribution in [0.1, 0.15) is 24.5 Å². The third-order valence-corrected chi connectivity index (χ3v) is 4.76. The van der Waals surface area contributed by atoms with Crippen LogP contribution in [0.4, 0.5) is 11.4 Å². The Balaban J connectivity index is 2.10. The van der Waals surface area contributed by atoms with Crippen molar-refractivity contribution in [2.45, 2.75) is 24.7 Å². The van der Waals surface area contributed by atoms with Crippen molar-refractivity contribution < 1.29 is 0 Å². The first-order valence-corrected chi connectivity index (χ1v) is 8.35. The van der Waals surface area contributed by atoms with Crippen LogP contribution in [0.5, 0.6) is 0 Å². The standard InChI is InChI=1S/C18H18N2S/c1-2-21-18-11-5-10-17(15(18)13-19)20-12-6-8-14-7-3-4-9-16(14)20/h3-5,7,9-11H,2,6,8,12H2,1H3. The highest BCUT2D eigenvalue weighted by molar-refractivity contribution is 7.99. The van der Waals surface area contributed by atoms with Crippen molar-refractivity contribution in [2.75, 3.05) is 17.2 Å². The summed E-state index contributed by atoms with van der Waals surface area (Å²) in [5, 5.41) is 9.61. The quantitative estimate of drug-likeness (QED) is 0.764. The summed E-state index contributed by atoms with van der Waals surface area (Å²) in [5.74, 6) is 0.981. The SMILES string of the molecule is CCSc1cccc(N2CCCc3ccccc32)c1C#N. The van der Waals surface area contributed by atoms with Crippen molar-refractivity contribution >= 4 is 23.1 Å². The van der Waals surface area contributed by atoms with Gasteiger partial charge in [-0.15, -0.1) is 11.8 Å². The molecular formula is C18H18N2S. The molecule has 0 aromatic heterocycles. The van der Waals surface area contributed by atoms with Crippen molar-refractivity contribution in [3.05, 3.63) is 53.6 Å². The highest BCUT2D eigenvalue weighted by atomic mass is 32.2. The van der Waals surface area contributed by atoms with Crippen molar-refractivity contribution in [1.29, 1.82) is 5.26 Å². The van der Waals surface area contributed by atoms with E-state index in [0.717, 1.165) is 41.3 Å². The Morgan fingerprint density at radius 2 is 1.95 bits per heavy atom. The number of nitrogens with zero attached hydrogens (tertiary/aromatic N) is 2. The third-order valence-electron chi connectivity index (χ3n) is 3.82. The lowest BCUT2D eigenvalue weighted by molar-refractivity contribution is 0.765. The smallest absolute Gasteiger partial charge is 0.103 e. The molecule has 21 heavy (non-hydrogen) atoms. The predicted octanol–water partition coefficient (Wildman–Crippen LogP) is 4.75. The number of rotatable bonds is 3. The maximum Gasteiger partial charge on any atom is 0.103 e. The summed E-state index contributed by atoms with van der Waals surface area (Å²) in [5.41, 5.74) is 4.48. The summed E-state index contributed by atoms with van der Waals surface area (Å²) in [6.07, 6.45) is 2.25. The highest BCUT2D eigenvalue weighted by Gasteiger charge is 2.21. The van der Waals surface area contributed by atoms with Gasteiger partial charge < -0.3 is 4.90 Å². The zero-order valence-electron chi connectivity index (χ0n) is 12.2. The van der Waals surface area contributed by atoms with Crippen molar-refractivity contribution in [3.8, 4) is 6.07 Å². The van der Waals surface area contributed by atoms with Crippen molar-refractivity contribution in [1.82, 2.24) is 0 Å². The Morgan fingerprint density at radius 1 is 1.14 bits per heavy atom. The number of anilines is 2. The average Bonchev–Trinajstić information content (AvgIpc) is 2.54. The fourth-order valence-electron chi connectivity index (χ4n) is 2.92. The van der Waals surface area contributed by atoms with Gasteiger partial charge in [0, 0.05) is 17.1 Å². The van der Waals surface area contributed by atoms with Gasteiger partial charge in [-0.2, -0.15) is 5.26 Å². The molecule has 1 aliphatic heterocycles.